The Hall–Kier alpha value is -3.67. The van der Waals surface area contributed by atoms with E-state index in [0.29, 0.717) is 24.7 Å². The SMILES string of the molecule is CC(C)(C)OC1CN(C(=O)NCc2ccc(-c3ccnc(Nc4c[nH]nc4C4CC4)n3)cc2C(F)(F)F)C1. The molecule has 1 saturated heterocycles. The number of likely N-dealkylation sites (tertiary alicyclic amines) is 1. The summed E-state index contributed by atoms with van der Waals surface area (Å²) in [4.78, 5) is 22.6. The average molecular weight is 530 g/mol. The number of halogens is 3. The van der Waals surface area contributed by atoms with Crippen molar-refractivity contribution in [3.8, 4) is 11.3 Å². The highest BCUT2D eigenvalue weighted by molar-refractivity contribution is 5.75. The van der Waals surface area contributed by atoms with Crippen LogP contribution in [0, 0.1) is 0 Å². The van der Waals surface area contributed by atoms with E-state index in [2.05, 4.69) is 30.8 Å². The topological polar surface area (TPSA) is 108 Å². The van der Waals surface area contributed by atoms with E-state index in [1.807, 2.05) is 20.8 Å². The van der Waals surface area contributed by atoms with Gasteiger partial charge in [0.1, 0.15) is 0 Å². The number of anilines is 2. The van der Waals surface area contributed by atoms with Crippen LogP contribution < -0.4 is 10.6 Å². The summed E-state index contributed by atoms with van der Waals surface area (Å²) in [5.41, 5.74) is 1.10. The molecule has 5 rings (SSSR count). The Morgan fingerprint density at radius 3 is 2.63 bits per heavy atom. The van der Waals surface area contributed by atoms with Crippen molar-refractivity contribution in [2.45, 2.75) is 64.0 Å². The van der Waals surface area contributed by atoms with Gasteiger partial charge in [-0.05, 0) is 51.3 Å². The number of alkyl halides is 3. The third-order valence-corrected chi connectivity index (χ3v) is 6.33. The number of carbonyl (C=O) groups excluding carboxylic acids is 1. The molecular formula is C26H30F3N7O2. The largest absolute Gasteiger partial charge is 0.416 e. The highest BCUT2D eigenvalue weighted by atomic mass is 19.4. The molecule has 9 nitrogen and oxygen atoms in total. The number of H-pyrrole nitrogens is 1. The molecule has 1 saturated carbocycles. The van der Waals surface area contributed by atoms with E-state index < -0.39 is 17.8 Å². The number of amides is 2. The van der Waals surface area contributed by atoms with Gasteiger partial charge in [0, 0.05) is 30.4 Å². The summed E-state index contributed by atoms with van der Waals surface area (Å²) in [5, 5.41) is 12.8. The number of hydrogen-bond donors (Lipinski definition) is 3. The van der Waals surface area contributed by atoms with Crippen LogP contribution in [0.4, 0.5) is 29.6 Å². The van der Waals surface area contributed by atoms with Crippen LogP contribution in [0.25, 0.3) is 11.3 Å². The number of benzene rings is 1. The minimum Gasteiger partial charge on any atom is -0.369 e. The molecule has 3 N–H and O–H groups in total. The molecule has 202 valence electrons. The monoisotopic (exact) mass is 529 g/mol. The Bertz CT molecular complexity index is 1310. The van der Waals surface area contributed by atoms with Gasteiger partial charge in [0.25, 0.3) is 0 Å². The zero-order chi connectivity index (χ0) is 27.1. The molecule has 2 aliphatic rings. The number of aromatic amines is 1. The molecule has 0 bridgehead atoms. The quantitative estimate of drug-likeness (QED) is 0.388. The normalized spacial score (nSPS) is 16.3. The third-order valence-electron chi connectivity index (χ3n) is 6.33. The fourth-order valence-electron chi connectivity index (χ4n) is 4.38. The van der Waals surface area contributed by atoms with E-state index >= 15 is 0 Å². The van der Waals surface area contributed by atoms with Gasteiger partial charge in [0.15, 0.2) is 0 Å². The molecule has 0 radical (unpaired) electrons. The van der Waals surface area contributed by atoms with Crippen molar-refractivity contribution in [1.82, 2.24) is 30.4 Å². The van der Waals surface area contributed by atoms with Crippen LogP contribution in [-0.2, 0) is 17.5 Å². The predicted molar refractivity (Wildman–Crippen MR) is 135 cm³/mol. The molecule has 1 aliphatic heterocycles. The van der Waals surface area contributed by atoms with Gasteiger partial charge < -0.3 is 20.3 Å². The number of nitrogens with zero attached hydrogens (tertiary/aromatic N) is 4. The third kappa shape index (κ3) is 6.07. The minimum atomic E-state index is -4.61. The average Bonchev–Trinajstić information content (AvgIpc) is 3.57. The summed E-state index contributed by atoms with van der Waals surface area (Å²) in [7, 11) is 0. The first-order valence-electron chi connectivity index (χ1n) is 12.5. The molecule has 3 aromatic rings. The smallest absolute Gasteiger partial charge is 0.369 e. The van der Waals surface area contributed by atoms with Crippen LogP contribution in [0.5, 0.6) is 0 Å². The van der Waals surface area contributed by atoms with Gasteiger partial charge in [-0.3, -0.25) is 5.10 Å². The number of hydrogen-bond acceptors (Lipinski definition) is 6. The maximum atomic E-state index is 14.0. The van der Waals surface area contributed by atoms with E-state index in [1.54, 1.807) is 18.3 Å². The van der Waals surface area contributed by atoms with E-state index in [0.717, 1.165) is 30.3 Å². The van der Waals surface area contributed by atoms with Gasteiger partial charge in [-0.15, -0.1) is 0 Å². The van der Waals surface area contributed by atoms with Crippen molar-refractivity contribution >= 4 is 17.7 Å². The summed E-state index contributed by atoms with van der Waals surface area (Å²) in [6.07, 6.45) is 0.656. The molecule has 1 aromatic carbocycles. The Morgan fingerprint density at radius 1 is 1.18 bits per heavy atom. The van der Waals surface area contributed by atoms with Crippen molar-refractivity contribution in [3.63, 3.8) is 0 Å². The van der Waals surface area contributed by atoms with Crippen LogP contribution in [0.3, 0.4) is 0 Å². The summed E-state index contributed by atoms with van der Waals surface area (Å²) in [6.45, 7) is 6.35. The van der Waals surface area contributed by atoms with Crippen molar-refractivity contribution in [2.24, 2.45) is 0 Å². The fraction of sp³-hybridized carbons (Fsp3) is 0.462. The van der Waals surface area contributed by atoms with E-state index in [-0.39, 0.29) is 35.3 Å². The first-order chi connectivity index (χ1) is 18.0. The second kappa shape index (κ2) is 9.90. The molecule has 38 heavy (non-hydrogen) atoms. The highest BCUT2D eigenvalue weighted by Gasteiger charge is 2.36. The Kier molecular flexibility index (Phi) is 6.76. The van der Waals surface area contributed by atoms with Crippen molar-refractivity contribution in [3.05, 3.63) is 53.5 Å². The number of nitrogens with one attached hydrogen (secondary N) is 3. The molecule has 12 heteroatoms. The Labute approximate surface area is 218 Å². The predicted octanol–water partition coefficient (Wildman–Crippen LogP) is 5.22. The summed E-state index contributed by atoms with van der Waals surface area (Å²) in [6, 6.07) is 5.12. The lowest BCUT2D eigenvalue weighted by Crippen LogP contribution is -2.59. The molecule has 1 aliphatic carbocycles. The van der Waals surface area contributed by atoms with Crippen molar-refractivity contribution in [1.29, 1.82) is 0 Å². The van der Waals surface area contributed by atoms with Crippen molar-refractivity contribution < 1.29 is 22.7 Å². The second-order valence-corrected chi connectivity index (χ2v) is 10.6. The molecule has 0 spiro atoms. The number of carbonyl (C=O) groups is 1. The van der Waals surface area contributed by atoms with Gasteiger partial charge in [0.05, 0.1) is 47.4 Å². The van der Waals surface area contributed by atoms with E-state index in [1.165, 1.54) is 17.2 Å². The number of urea groups is 1. The lowest BCUT2D eigenvalue weighted by atomic mass is 10.0. The first kappa shape index (κ1) is 26.0. The second-order valence-electron chi connectivity index (χ2n) is 10.6. The fourth-order valence-corrected chi connectivity index (χ4v) is 4.38. The first-order valence-corrected chi connectivity index (χ1v) is 12.5. The lowest BCUT2D eigenvalue weighted by molar-refractivity contribution is -0.138. The zero-order valence-electron chi connectivity index (χ0n) is 21.4. The van der Waals surface area contributed by atoms with Gasteiger partial charge in [0.2, 0.25) is 5.95 Å². The summed E-state index contributed by atoms with van der Waals surface area (Å²) >= 11 is 0. The zero-order valence-corrected chi connectivity index (χ0v) is 21.4. The summed E-state index contributed by atoms with van der Waals surface area (Å²) in [5.74, 6) is 0.660. The minimum absolute atomic E-state index is 0.0301. The van der Waals surface area contributed by atoms with Crippen molar-refractivity contribution in [2.75, 3.05) is 18.4 Å². The molecule has 2 aromatic heterocycles. The highest BCUT2D eigenvalue weighted by Crippen LogP contribution is 2.42. The van der Waals surface area contributed by atoms with Crippen LogP contribution in [0.1, 0.15) is 56.4 Å². The number of ether oxygens (including phenoxy) is 1. The lowest BCUT2D eigenvalue weighted by Gasteiger charge is -2.41. The van der Waals surface area contributed by atoms with E-state index in [9.17, 15) is 18.0 Å². The van der Waals surface area contributed by atoms with Gasteiger partial charge in [-0.1, -0.05) is 12.1 Å². The molecule has 0 unspecified atom stereocenters. The number of rotatable bonds is 7. The van der Waals surface area contributed by atoms with Gasteiger partial charge >= 0.3 is 12.2 Å². The molecular weight excluding hydrogens is 499 g/mol. The molecule has 2 fully saturated rings. The Balaban J connectivity index is 1.27. The van der Waals surface area contributed by atoms with Crippen LogP contribution >= 0.6 is 0 Å². The number of aromatic nitrogens is 4. The van der Waals surface area contributed by atoms with E-state index in [4.69, 9.17) is 4.74 Å². The Morgan fingerprint density at radius 2 is 1.95 bits per heavy atom. The van der Waals surface area contributed by atoms with Crippen LogP contribution in [0.2, 0.25) is 0 Å². The van der Waals surface area contributed by atoms with Crippen LogP contribution in [-0.4, -0.2) is 55.9 Å². The molecule has 2 amide bonds. The maximum absolute atomic E-state index is 14.0. The summed E-state index contributed by atoms with van der Waals surface area (Å²) < 4.78 is 47.7. The standard InChI is InChI=1S/C26H30F3N7O2/c1-25(2,3)38-18-13-36(14-18)24(37)31-11-17-7-6-16(10-19(17)26(27,28)29)20-8-9-30-23(33-20)34-21-12-32-35-22(21)15-4-5-15/h6-10,12,15,18H,4-5,11,13-14H2,1-3H3,(H,31,37)(H,32,35)(H,30,33,34). The molecule has 0 atom stereocenters. The van der Waals surface area contributed by atoms with Gasteiger partial charge in [-0.25, -0.2) is 14.8 Å². The molecule has 3 heterocycles. The van der Waals surface area contributed by atoms with Gasteiger partial charge in [-0.2, -0.15) is 18.3 Å². The van der Waals surface area contributed by atoms with Crippen LogP contribution in [0.15, 0.2) is 36.7 Å². The maximum Gasteiger partial charge on any atom is 0.416 e.